The maximum Gasteiger partial charge on any atom is 0.335 e. The molecule has 0 aliphatic carbocycles. The Hall–Kier alpha value is -2.20. The number of carboxylic acids is 4. The highest BCUT2D eigenvalue weighted by atomic mass is 16.4. The highest BCUT2D eigenvalue weighted by molar-refractivity contribution is 5.83. The summed E-state index contributed by atoms with van der Waals surface area (Å²) in [5.74, 6) is -5.69. The summed E-state index contributed by atoms with van der Waals surface area (Å²) in [6, 6.07) is 0. The van der Waals surface area contributed by atoms with Gasteiger partial charge in [-0.25, -0.2) is 9.59 Å². The molecule has 2 atom stereocenters. The Morgan fingerprint density at radius 1 is 0.667 bits per heavy atom. The summed E-state index contributed by atoms with van der Waals surface area (Å²) < 4.78 is 0. The van der Waals surface area contributed by atoms with Gasteiger partial charge in [0.15, 0.2) is 12.2 Å². The molecule has 104 valence electrons. The molecule has 0 aromatic rings. The molecule has 0 heterocycles. The van der Waals surface area contributed by atoms with Gasteiger partial charge >= 0.3 is 23.9 Å². The molecule has 10 heteroatoms. The maximum absolute atomic E-state index is 9.77. The van der Waals surface area contributed by atoms with Crippen molar-refractivity contribution in [3.05, 3.63) is 0 Å². The van der Waals surface area contributed by atoms with E-state index in [0.29, 0.717) is 0 Å². The van der Waals surface area contributed by atoms with Gasteiger partial charge < -0.3 is 30.6 Å². The van der Waals surface area contributed by atoms with Crippen LogP contribution in [0.3, 0.4) is 0 Å². The van der Waals surface area contributed by atoms with Crippen molar-refractivity contribution in [3.8, 4) is 0 Å². The van der Waals surface area contributed by atoms with Crippen LogP contribution in [0.15, 0.2) is 0 Å². The minimum atomic E-state index is -2.27. The molecule has 0 saturated heterocycles. The van der Waals surface area contributed by atoms with E-state index in [1.54, 1.807) is 0 Å². The molecule has 0 saturated carbocycles. The van der Waals surface area contributed by atoms with Gasteiger partial charge in [0.25, 0.3) is 0 Å². The minimum Gasteiger partial charge on any atom is -0.481 e. The lowest BCUT2D eigenvalue weighted by Crippen LogP contribution is -2.39. The lowest BCUT2D eigenvalue weighted by atomic mass is 10.2. The van der Waals surface area contributed by atoms with Crippen LogP contribution in [0, 0.1) is 0 Å². The van der Waals surface area contributed by atoms with Crippen molar-refractivity contribution in [3.63, 3.8) is 0 Å². The molecule has 0 aliphatic heterocycles. The lowest BCUT2D eigenvalue weighted by molar-refractivity contribution is -0.165. The summed E-state index contributed by atoms with van der Waals surface area (Å²) >= 11 is 0. The summed E-state index contributed by atoms with van der Waals surface area (Å²) in [7, 11) is 0. The average Bonchev–Trinajstić information content (AvgIpc) is 2.24. The smallest absolute Gasteiger partial charge is 0.335 e. The fraction of sp³-hybridized carbons (Fsp3) is 0.500. The van der Waals surface area contributed by atoms with Crippen LogP contribution in [0.25, 0.3) is 0 Å². The van der Waals surface area contributed by atoms with Crippen LogP contribution < -0.4 is 0 Å². The number of carbonyl (C=O) groups is 4. The van der Waals surface area contributed by atoms with Crippen LogP contribution in [0.1, 0.15) is 12.8 Å². The summed E-state index contributed by atoms with van der Waals surface area (Å²) in [6.07, 6.45) is -5.13. The molecule has 0 aromatic carbocycles. The monoisotopic (exact) mass is 268 g/mol. The van der Waals surface area contributed by atoms with Gasteiger partial charge in [-0.2, -0.15) is 0 Å². The van der Waals surface area contributed by atoms with E-state index >= 15 is 0 Å². The van der Waals surface area contributed by atoms with E-state index in [1.165, 1.54) is 0 Å². The molecule has 6 N–H and O–H groups in total. The van der Waals surface area contributed by atoms with E-state index in [4.69, 9.17) is 30.6 Å². The Morgan fingerprint density at radius 3 is 1.00 bits per heavy atom. The largest absolute Gasteiger partial charge is 0.481 e. The van der Waals surface area contributed by atoms with Gasteiger partial charge in [-0.15, -0.1) is 0 Å². The van der Waals surface area contributed by atoms with Gasteiger partial charge in [-0.1, -0.05) is 0 Å². The fourth-order valence-corrected chi connectivity index (χ4v) is 0.484. The molecule has 10 nitrogen and oxygen atoms in total. The topological polar surface area (TPSA) is 190 Å². The van der Waals surface area contributed by atoms with Gasteiger partial charge in [-0.3, -0.25) is 9.59 Å². The number of carboxylic acid groups (broad SMARTS) is 4. The molecular weight excluding hydrogens is 256 g/mol. The number of aliphatic carboxylic acids is 4. The van der Waals surface area contributed by atoms with Crippen molar-refractivity contribution in [1.29, 1.82) is 0 Å². The van der Waals surface area contributed by atoms with E-state index in [2.05, 4.69) is 0 Å². The second-order valence-electron chi connectivity index (χ2n) is 2.85. The number of aliphatic hydroxyl groups is 2. The van der Waals surface area contributed by atoms with Crippen LogP contribution >= 0.6 is 0 Å². The molecule has 0 fully saturated rings. The van der Waals surface area contributed by atoms with Gasteiger partial charge in [0, 0.05) is 0 Å². The molecule has 18 heavy (non-hydrogen) atoms. The van der Waals surface area contributed by atoms with Crippen molar-refractivity contribution in [2.75, 3.05) is 0 Å². The summed E-state index contributed by atoms with van der Waals surface area (Å²) in [4.78, 5) is 38.8. The highest BCUT2D eigenvalue weighted by Gasteiger charge is 2.29. The molecule has 0 unspecified atom stereocenters. The zero-order valence-electron chi connectivity index (χ0n) is 8.89. The Labute approximate surface area is 99.7 Å². The third-order valence-corrected chi connectivity index (χ3v) is 1.36. The number of aliphatic hydroxyl groups excluding tert-OH is 2. The van der Waals surface area contributed by atoms with Crippen molar-refractivity contribution >= 4 is 23.9 Å². The molecule has 0 bridgehead atoms. The highest BCUT2D eigenvalue weighted by Crippen LogP contribution is 1.92. The quantitative estimate of drug-likeness (QED) is 0.308. The Bertz CT molecular complexity index is 290. The van der Waals surface area contributed by atoms with Gasteiger partial charge in [0.2, 0.25) is 0 Å². The second kappa shape index (κ2) is 8.90. The summed E-state index contributed by atoms with van der Waals surface area (Å²) in [6.45, 7) is 0. The van der Waals surface area contributed by atoms with Crippen molar-refractivity contribution < 1.29 is 49.8 Å². The maximum atomic E-state index is 9.77. The molecule has 0 radical (unpaired) electrons. The summed E-state index contributed by atoms with van der Waals surface area (Å²) in [5, 5.41) is 48.3. The van der Waals surface area contributed by atoms with Gasteiger partial charge in [0.1, 0.15) is 0 Å². The normalized spacial score (nSPS) is 12.6. The van der Waals surface area contributed by atoms with Crippen molar-refractivity contribution in [2.24, 2.45) is 0 Å². The summed E-state index contributed by atoms with van der Waals surface area (Å²) in [5.41, 5.74) is 0. The lowest BCUT2D eigenvalue weighted by Gasteiger charge is -2.07. The van der Waals surface area contributed by atoms with E-state index in [1.807, 2.05) is 0 Å². The first-order valence-electron chi connectivity index (χ1n) is 4.35. The number of hydrogen-bond donors (Lipinski definition) is 6. The zero-order chi connectivity index (χ0) is 14.9. The molecule has 0 aliphatic rings. The van der Waals surface area contributed by atoms with E-state index < -0.39 is 36.1 Å². The van der Waals surface area contributed by atoms with Crippen LogP contribution in [0.2, 0.25) is 0 Å². The first-order chi connectivity index (χ1) is 8.09. The third-order valence-electron chi connectivity index (χ3n) is 1.36. The van der Waals surface area contributed by atoms with Crippen molar-refractivity contribution in [1.82, 2.24) is 0 Å². The predicted octanol–water partition coefficient (Wildman–Crippen LogP) is -2.19. The van der Waals surface area contributed by atoms with E-state index in [-0.39, 0.29) is 12.8 Å². The fourth-order valence-electron chi connectivity index (χ4n) is 0.484. The van der Waals surface area contributed by atoms with Crippen LogP contribution in [0.4, 0.5) is 0 Å². The van der Waals surface area contributed by atoms with E-state index in [0.717, 1.165) is 0 Å². The SMILES string of the molecule is O=C(O)CCC(=O)O.O=C(O)[C@H](O)[C@@H](O)C(=O)O. The first-order valence-corrected chi connectivity index (χ1v) is 4.35. The standard InChI is InChI=1S/C4H6O6.C4H6O4/c5-1(3(7)8)2(6)4(9)10;5-3(6)1-2-4(7)8/h1-2,5-6H,(H,7,8)(H,9,10);1-2H2,(H,5,6)(H,7,8)/t1-,2-;/m1./s1. The molecule has 0 aromatic heterocycles. The Balaban J connectivity index is 0. The Morgan fingerprint density at radius 2 is 0.889 bits per heavy atom. The van der Waals surface area contributed by atoms with Crippen molar-refractivity contribution in [2.45, 2.75) is 25.0 Å². The molecule has 0 rings (SSSR count). The van der Waals surface area contributed by atoms with Gasteiger partial charge in [-0.05, 0) is 0 Å². The van der Waals surface area contributed by atoms with E-state index in [9.17, 15) is 19.2 Å². The molecular formula is C8H12O10. The zero-order valence-corrected chi connectivity index (χ0v) is 8.89. The Kier molecular flexibility index (Phi) is 8.98. The van der Waals surface area contributed by atoms with Crippen LogP contribution in [-0.4, -0.2) is 66.7 Å². The van der Waals surface area contributed by atoms with Gasteiger partial charge in [0.05, 0.1) is 12.8 Å². The average molecular weight is 268 g/mol. The number of rotatable bonds is 6. The minimum absolute atomic E-state index is 0.296. The first kappa shape index (κ1) is 18.2. The predicted molar refractivity (Wildman–Crippen MR) is 51.8 cm³/mol. The molecule has 0 amide bonds. The second-order valence-corrected chi connectivity index (χ2v) is 2.85. The van der Waals surface area contributed by atoms with Crippen LogP contribution in [0.5, 0.6) is 0 Å². The molecule has 0 spiro atoms. The number of hydrogen-bond acceptors (Lipinski definition) is 6. The van der Waals surface area contributed by atoms with Crippen LogP contribution in [-0.2, 0) is 19.2 Å². The third kappa shape index (κ3) is 10.3.